The monoisotopic (exact) mass is 220 g/mol. The van der Waals surface area contributed by atoms with Crippen molar-refractivity contribution >= 4 is 21.6 Å². The van der Waals surface area contributed by atoms with Crippen molar-refractivity contribution in [3.8, 4) is 0 Å². The quantitative estimate of drug-likeness (QED) is 0.760. The Morgan fingerprint density at radius 1 is 1.54 bits per heavy atom. The van der Waals surface area contributed by atoms with Gasteiger partial charge >= 0.3 is 0 Å². The number of alkyl halides is 1. The Labute approximate surface area is 82.0 Å². The average Bonchev–Trinajstić information content (AvgIpc) is 2.17. The number of aromatic nitrogens is 1. The Bertz CT molecular complexity index is 352. The summed E-state index contributed by atoms with van der Waals surface area (Å²) in [6.45, 7) is 0.225. The molecule has 0 radical (unpaired) electrons. The smallest absolute Gasteiger partial charge is 0.225 e. The number of nitrogens with zero attached hydrogens (tertiary/aromatic N) is 1. The maximum atomic E-state index is 10.9. The number of nitrogens with one attached hydrogen (secondary N) is 1. The SMILES string of the molecule is O=S(=O)(CCl)NCc1cccnc1. The molecule has 0 spiro atoms. The highest BCUT2D eigenvalue weighted by atomic mass is 35.5. The van der Waals surface area contributed by atoms with E-state index in [9.17, 15) is 8.42 Å². The molecule has 1 aromatic rings. The van der Waals surface area contributed by atoms with Gasteiger partial charge in [-0.15, -0.1) is 11.6 Å². The van der Waals surface area contributed by atoms with E-state index in [1.165, 1.54) is 0 Å². The van der Waals surface area contributed by atoms with Crippen LogP contribution in [0.4, 0.5) is 0 Å². The molecule has 1 N–H and O–H groups in total. The molecule has 1 rings (SSSR count). The van der Waals surface area contributed by atoms with Gasteiger partial charge in [0.1, 0.15) is 5.21 Å². The van der Waals surface area contributed by atoms with Gasteiger partial charge in [-0.2, -0.15) is 0 Å². The van der Waals surface area contributed by atoms with E-state index < -0.39 is 15.2 Å². The highest BCUT2D eigenvalue weighted by molar-refractivity contribution is 7.90. The number of sulfonamides is 1. The molecule has 0 aromatic carbocycles. The van der Waals surface area contributed by atoms with Gasteiger partial charge in [0.15, 0.2) is 0 Å². The van der Waals surface area contributed by atoms with Gasteiger partial charge in [-0.3, -0.25) is 4.98 Å². The van der Waals surface area contributed by atoms with E-state index in [0.29, 0.717) is 0 Å². The van der Waals surface area contributed by atoms with Crippen LogP contribution < -0.4 is 4.72 Å². The van der Waals surface area contributed by atoms with Crippen LogP contribution in [0.5, 0.6) is 0 Å². The van der Waals surface area contributed by atoms with Crippen LogP contribution in [0.1, 0.15) is 5.56 Å². The molecule has 72 valence electrons. The first kappa shape index (κ1) is 10.4. The lowest BCUT2D eigenvalue weighted by Gasteiger charge is -2.02. The van der Waals surface area contributed by atoms with Crippen molar-refractivity contribution in [1.29, 1.82) is 0 Å². The maximum absolute atomic E-state index is 10.9. The second kappa shape index (κ2) is 4.55. The predicted octanol–water partition coefficient (Wildman–Crippen LogP) is 0.697. The molecular weight excluding hydrogens is 212 g/mol. The number of rotatable bonds is 4. The van der Waals surface area contributed by atoms with E-state index in [-0.39, 0.29) is 6.54 Å². The lowest BCUT2D eigenvalue weighted by molar-refractivity contribution is 0.586. The van der Waals surface area contributed by atoms with E-state index in [1.807, 2.05) is 0 Å². The second-order valence-corrected chi connectivity index (χ2v) is 4.80. The highest BCUT2D eigenvalue weighted by Gasteiger charge is 2.06. The van der Waals surface area contributed by atoms with Crippen LogP contribution in [0.15, 0.2) is 24.5 Å². The summed E-state index contributed by atoms with van der Waals surface area (Å²) in [5.74, 6) is 0. The van der Waals surface area contributed by atoms with Crippen LogP contribution >= 0.6 is 11.6 Å². The molecule has 13 heavy (non-hydrogen) atoms. The van der Waals surface area contributed by atoms with Crippen molar-refractivity contribution in [3.05, 3.63) is 30.1 Å². The van der Waals surface area contributed by atoms with E-state index >= 15 is 0 Å². The molecule has 0 atom stereocenters. The van der Waals surface area contributed by atoms with Gasteiger partial charge in [-0.1, -0.05) is 6.07 Å². The Balaban J connectivity index is 2.54. The third-order valence-electron chi connectivity index (χ3n) is 1.36. The van der Waals surface area contributed by atoms with Crippen LogP contribution in [-0.2, 0) is 16.6 Å². The lowest BCUT2D eigenvalue weighted by Crippen LogP contribution is -2.23. The minimum atomic E-state index is -3.33. The summed E-state index contributed by atoms with van der Waals surface area (Å²) in [5, 5.41) is -0.423. The molecule has 4 nitrogen and oxygen atoms in total. The molecule has 1 aromatic heterocycles. The first-order valence-electron chi connectivity index (χ1n) is 3.56. The van der Waals surface area contributed by atoms with E-state index in [2.05, 4.69) is 9.71 Å². The van der Waals surface area contributed by atoms with Crippen molar-refractivity contribution < 1.29 is 8.42 Å². The van der Waals surface area contributed by atoms with Gasteiger partial charge in [-0.25, -0.2) is 13.1 Å². The van der Waals surface area contributed by atoms with Crippen molar-refractivity contribution in [2.45, 2.75) is 6.54 Å². The van der Waals surface area contributed by atoms with Gasteiger partial charge in [0.25, 0.3) is 0 Å². The Morgan fingerprint density at radius 2 is 2.31 bits per heavy atom. The molecule has 0 aliphatic carbocycles. The zero-order valence-electron chi connectivity index (χ0n) is 6.77. The second-order valence-electron chi connectivity index (χ2n) is 2.41. The van der Waals surface area contributed by atoms with E-state index in [1.54, 1.807) is 24.5 Å². The fourth-order valence-corrected chi connectivity index (χ4v) is 1.43. The zero-order valence-corrected chi connectivity index (χ0v) is 8.35. The van der Waals surface area contributed by atoms with E-state index in [4.69, 9.17) is 11.6 Å². The average molecular weight is 221 g/mol. The molecule has 0 saturated heterocycles. The van der Waals surface area contributed by atoms with Crippen molar-refractivity contribution in [1.82, 2.24) is 9.71 Å². The minimum Gasteiger partial charge on any atom is -0.264 e. The third-order valence-corrected chi connectivity index (χ3v) is 3.10. The van der Waals surface area contributed by atoms with Crippen LogP contribution in [0.3, 0.4) is 0 Å². The zero-order chi connectivity index (χ0) is 9.73. The Kier molecular flexibility index (Phi) is 3.65. The first-order valence-corrected chi connectivity index (χ1v) is 5.75. The maximum Gasteiger partial charge on any atom is 0.225 e. The number of halogens is 1. The molecule has 0 aliphatic heterocycles. The van der Waals surface area contributed by atoms with Gasteiger partial charge in [-0.05, 0) is 11.6 Å². The fourth-order valence-electron chi connectivity index (χ4n) is 0.735. The topological polar surface area (TPSA) is 59.1 Å². The molecule has 0 fully saturated rings. The summed E-state index contributed by atoms with van der Waals surface area (Å²) in [7, 11) is -3.33. The van der Waals surface area contributed by atoms with Crippen LogP contribution in [-0.4, -0.2) is 18.6 Å². The molecule has 1 heterocycles. The summed E-state index contributed by atoms with van der Waals surface area (Å²) in [4.78, 5) is 3.84. The summed E-state index contributed by atoms with van der Waals surface area (Å²) in [6, 6.07) is 3.52. The van der Waals surface area contributed by atoms with Gasteiger partial charge in [0.2, 0.25) is 10.0 Å². The van der Waals surface area contributed by atoms with E-state index in [0.717, 1.165) is 5.56 Å². The largest absolute Gasteiger partial charge is 0.264 e. The van der Waals surface area contributed by atoms with Crippen molar-refractivity contribution in [2.75, 3.05) is 5.21 Å². The fraction of sp³-hybridized carbons (Fsp3) is 0.286. The predicted molar refractivity (Wildman–Crippen MR) is 50.7 cm³/mol. The van der Waals surface area contributed by atoms with Crippen LogP contribution in [0.2, 0.25) is 0 Å². The molecule has 0 saturated carbocycles. The number of hydrogen-bond donors (Lipinski definition) is 1. The molecule has 6 heteroatoms. The third kappa shape index (κ3) is 3.71. The lowest BCUT2D eigenvalue weighted by atomic mass is 10.3. The molecule has 0 aliphatic rings. The number of hydrogen-bond acceptors (Lipinski definition) is 3. The summed E-state index contributed by atoms with van der Waals surface area (Å²) < 4.78 is 24.1. The molecule has 0 amide bonds. The van der Waals surface area contributed by atoms with Crippen molar-refractivity contribution in [2.24, 2.45) is 0 Å². The molecular formula is C7H9ClN2O2S. The minimum absolute atomic E-state index is 0.225. The summed E-state index contributed by atoms with van der Waals surface area (Å²) in [6.07, 6.45) is 3.22. The van der Waals surface area contributed by atoms with Crippen LogP contribution in [0, 0.1) is 0 Å². The van der Waals surface area contributed by atoms with Gasteiger partial charge in [0.05, 0.1) is 0 Å². The molecule has 0 unspecified atom stereocenters. The normalized spacial score (nSPS) is 11.5. The molecule has 0 bridgehead atoms. The van der Waals surface area contributed by atoms with Crippen LogP contribution in [0.25, 0.3) is 0 Å². The Morgan fingerprint density at radius 3 is 2.85 bits per heavy atom. The first-order chi connectivity index (χ1) is 6.14. The van der Waals surface area contributed by atoms with Crippen molar-refractivity contribution in [3.63, 3.8) is 0 Å². The summed E-state index contributed by atoms with van der Waals surface area (Å²) >= 11 is 5.19. The van der Waals surface area contributed by atoms with Gasteiger partial charge < -0.3 is 0 Å². The number of pyridine rings is 1. The Hall–Kier alpha value is -0.650. The summed E-state index contributed by atoms with van der Waals surface area (Å²) in [5.41, 5.74) is 0.802. The van der Waals surface area contributed by atoms with Gasteiger partial charge in [0, 0.05) is 18.9 Å². The highest BCUT2D eigenvalue weighted by Crippen LogP contribution is 1.96. The standard InChI is InChI=1S/C7H9ClN2O2S/c8-6-13(11,12)10-5-7-2-1-3-9-4-7/h1-4,10H,5-6H2.